The first kappa shape index (κ1) is 11.6. The second kappa shape index (κ2) is 4.94. The van der Waals surface area contributed by atoms with Crippen LogP contribution in [0.5, 0.6) is 0 Å². The lowest BCUT2D eigenvalue weighted by atomic mass is 10.3. The molecule has 0 saturated heterocycles. The molecular formula is C10H9ClFN5. The maximum atomic E-state index is 13.6. The average molecular weight is 254 g/mol. The van der Waals surface area contributed by atoms with E-state index in [1.807, 2.05) is 0 Å². The molecule has 0 atom stereocenters. The van der Waals surface area contributed by atoms with Crippen LogP contribution >= 0.6 is 11.6 Å². The lowest BCUT2D eigenvalue weighted by Crippen LogP contribution is -2.09. The summed E-state index contributed by atoms with van der Waals surface area (Å²) >= 11 is 5.66. The number of benzene rings is 1. The number of nitrogen functional groups attached to an aromatic ring is 1. The Bertz CT molecular complexity index is 534. The summed E-state index contributed by atoms with van der Waals surface area (Å²) in [5.41, 5.74) is 2.60. The first-order valence-electron chi connectivity index (χ1n) is 4.70. The van der Waals surface area contributed by atoms with Crippen LogP contribution in [0.1, 0.15) is 0 Å². The van der Waals surface area contributed by atoms with Gasteiger partial charge < -0.3 is 10.7 Å². The molecule has 1 heterocycles. The molecule has 1 aromatic heterocycles. The van der Waals surface area contributed by atoms with Gasteiger partial charge in [0.2, 0.25) is 0 Å². The van der Waals surface area contributed by atoms with E-state index in [1.54, 1.807) is 18.2 Å². The van der Waals surface area contributed by atoms with Crippen LogP contribution in [0, 0.1) is 5.82 Å². The third kappa shape index (κ3) is 2.61. The van der Waals surface area contributed by atoms with Gasteiger partial charge in [0, 0.05) is 6.07 Å². The summed E-state index contributed by atoms with van der Waals surface area (Å²) in [6.45, 7) is 0. The van der Waals surface area contributed by atoms with E-state index < -0.39 is 5.82 Å². The van der Waals surface area contributed by atoms with Crippen molar-refractivity contribution in [1.82, 2.24) is 9.97 Å². The van der Waals surface area contributed by atoms with Crippen molar-refractivity contribution in [2.24, 2.45) is 5.84 Å². The molecule has 0 unspecified atom stereocenters. The van der Waals surface area contributed by atoms with Gasteiger partial charge in [0.05, 0.1) is 10.7 Å². The standard InChI is InChI=1S/C10H9ClFN5/c11-6-2-1-3-7(10(6)12)16-8-4-9(17-13)15-5-14-8/h1-5H,13H2,(H2,14,15,16,17). The van der Waals surface area contributed by atoms with Crippen molar-refractivity contribution in [2.45, 2.75) is 0 Å². The number of nitrogens with one attached hydrogen (secondary N) is 2. The monoisotopic (exact) mass is 253 g/mol. The summed E-state index contributed by atoms with van der Waals surface area (Å²) in [5, 5.41) is 2.82. The summed E-state index contributed by atoms with van der Waals surface area (Å²) in [4.78, 5) is 7.76. The largest absolute Gasteiger partial charge is 0.338 e. The van der Waals surface area contributed by atoms with Gasteiger partial charge in [-0.3, -0.25) is 0 Å². The van der Waals surface area contributed by atoms with Crippen LogP contribution in [0.15, 0.2) is 30.6 Å². The summed E-state index contributed by atoms with van der Waals surface area (Å²) < 4.78 is 13.6. The summed E-state index contributed by atoms with van der Waals surface area (Å²) in [6.07, 6.45) is 1.31. The molecule has 2 aromatic rings. The number of hydrazine groups is 1. The molecule has 88 valence electrons. The molecule has 1 aromatic carbocycles. The fourth-order valence-electron chi connectivity index (χ4n) is 1.24. The van der Waals surface area contributed by atoms with Gasteiger partial charge in [0.25, 0.3) is 0 Å². The number of hydrogen-bond donors (Lipinski definition) is 3. The van der Waals surface area contributed by atoms with Crippen LogP contribution in [0.2, 0.25) is 5.02 Å². The van der Waals surface area contributed by atoms with Crippen molar-refractivity contribution >= 4 is 28.9 Å². The maximum Gasteiger partial charge on any atom is 0.165 e. The van der Waals surface area contributed by atoms with E-state index >= 15 is 0 Å². The maximum absolute atomic E-state index is 13.6. The molecule has 0 aliphatic heterocycles. The predicted octanol–water partition coefficient (Wildman–Crippen LogP) is 2.30. The van der Waals surface area contributed by atoms with Gasteiger partial charge >= 0.3 is 0 Å². The van der Waals surface area contributed by atoms with Crippen molar-refractivity contribution in [3.05, 3.63) is 41.4 Å². The molecule has 0 saturated carbocycles. The molecule has 7 heteroatoms. The van der Waals surface area contributed by atoms with Gasteiger partial charge in [0.1, 0.15) is 18.0 Å². The molecule has 0 aliphatic rings. The molecule has 0 spiro atoms. The van der Waals surface area contributed by atoms with Crippen molar-refractivity contribution in [1.29, 1.82) is 0 Å². The third-order valence-corrected chi connectivity index (χ3v) is 2.32. The Labute approximate surface area is 102 Å². The number of rotatable bonds is 3. The van der Waals surface area contributed by atoms with Crippen LogP contribution in [-0.2, 0) is 0 Å². The molecule has 0 aliphatic carbocycles. The lowest BCUT2D eigenvalue weighted by molar-refractivity contribution is 0.632. The Hall–Kier alpha value is -1.92. The molecule has 0 radical (unpaired) electrons. The van der Waals surface area contributed by atoms with Crippen LogP contribution in [0.3, 0.4) is 0 Å². The predicted molar refractivity (Wildman–Crippen MR) is 64.5 cm³/mol. The fourth-order valence-corrected chi connectivity index (χ4v) is 1.42. The lowest BCUT2D eigenvalue weighted by Gasteiger charge is -2.08. The Balaban J connectivity index is 2.28. The molecule has 4 N–H and O–H groups in total. The zero-order valence-electron chi connectivity index (χ0n) is 8.61. The molecule has 17 heavy (non-hydrogen) atoms. The summed E-state index contributed by atoms with van der Waals surface area (Å²) in [7, 11) is 0. The van der Waals surface area contributed by atoms with Crippen LogP contribution in [-0.4, -0.2) is 9.97 Å². The smallest absolute Gasteiger partial charge is 0.165 e. The van der Waals surface area contributed by atoms with E-state index in [-0.39, 0.29) is 10.7 Å². The van der Waals surface area contributed by atoms with Gasteiger partial charge in [-0.15, -0.1) is 0 Å². The normalized spacial score (nSPS) is 10.1. The van der Waals surface area contributed by atoms with Gasteiger partial charge in [-0.1, -0.05) is 17.7 Å². The van der Waals surface area contributed by atoms with Crippen LogP contribution in [0.25, 0.3) is 0 Å². The highest BCUT2D eigenvalue weighted by atomic mass is 35.5. The summed E-state index contributed by atoms with van der Waals surface area (Å²) in [6, 6.07) is 6.20. The van der Waals surface area contributed by atoms with E-state index in [1.165, 1.54) is 12.4 Å². The molecule has 5 nitrogen and oxygen atoms in total. The number of hydrogen-bond acceptors (Lipinski definition) is 5. The Morgan fingerprint density at radius 1 is 1.24 bits per heavy atom. The van der Waals surface area contributed by atoms with E-state index in [4.69, 9.17) is 17.4 Å². The highest BCUT2D eigenvalue weighted by molar-refractivity contribution is 6.31. The first-order valence-corrected chi connectivity index (χ1v) is 5.08. The number of halogens is 2. The topological polar surface area (TPSA) is 75.9 Å². The van der Waals surface area contributed by atoms with Gasteiger partial charge in [-0.25, -0.2) is 20.2 Å². The van der Waals surface area contributed by atoms with Crippen LogP contribution in [0.4, 0.5) is 21.7 Å². The average Bonchev–Trinajstić information content (AvgIpc) is 2.35. The molecule has 2 rings (SSSR count). The Morgan fingerprint density at radius 2 is 2.00 bits per heavy atom. The van der Waals surface area contributed by atoms with Gasteiger partial charge in [-0.2, -0.15) is 0 Å². The zero-order valence-corrected chi connectivity index (χ0v) is 9.37. The van der Waals surface area contributed by atoms with Crippen molar-refractivity contribution in [3.8, 4) is 0 Å². The minimum absolute atomic E-state index is 0.0428. The van der Waals surface area contributed by atoms with E-state index in [0.717, 1.165) is 0 Å². The Morgan fingerprint density at radius 3 is 2.76 bits per heavy atom. The first-order chi connectivity index (χ1) is 8.20. The minimum Gasteiger partial charge on any atom is -0.338 e. The van der Waals surface area contributed by atoms with Crippen molar-refractivity contribution in [2.75, 3.05) is 10.7 Å². The number of nitrogens with two attached hydrogens (primary N) is 1. The highest BCUT2D eigenvalue weighted by Gasteiger charge is 2.07. The second-order valence-corrected chi connectivity index (χ2v) is 3.57. The summed E-state index contributed by atoms with van der Waals surface area (Å²) in [5.74, 6) is 5.50. The van der Waals surface area contributed by atoms with E-state index in [9.17, 15) is 4.39 Å². The van der Waals surface area contributed by atoms with E-state index in [0.29, 0.717) is 11.6 Å². The van der Waals surface area contributed by atoms with Crippen molar-refractivity contribution < 1.29 is 4.39 Å². The Kier molecular flexibility index (Phi) is 3.36. The highest BCUT2D eigenvalue weighted by Crippen LogP contribution is 2.24. The van der Waals surface area contributed by atoms with Gasteiger partial charge in [0.15, 0.2) is 5.82 Å². The molecular weight excluding hydrogens is 245 g/mol. The minimum atomic E-state index is -0.532. The molecule has 0 amide bonds. The third-order valence-electron chi connectivity index (χ3n) is 2.03. The SMILES string of the molecule is NNc1cc(Nc2cccc(Cl)c2F)ncn1. The number of aromatic nitrogens is 2. The van der Waals surface area contributed by atoms with E-state index in [2.05, 4.69) is 20.7 Å². The number of anilines is 3. The molecule has 0 fully saturated rings. The molecule has 0 bridgehead atoms. The fraction of sp³-hybridized carbons (Fsp3) is 0. The van der Waals surface area contributed by atoms with Gasteiger partial charge in [-0.05, 0) is 12.1 Å². The second-order valence-electron chi connectivity index (χ2n) is 3.16. The quantitative estimate of drug-likeness (QED) is 0.578. The van der Waals surface area contributed by atoms with Crippen molar-refractivity contribution in [3.63, 3.8) is 0 Å². The zero-order chi connectivity index (χ0) is 12.3. The number of nitrogens with zero attached hydrogens (tertiary/aromatic N) is 2. The van der Waals surface area contributed by atoms with Crippen LogP contribution < -0.4 is 16.6 Å².